The number of nitrogens with one attached hydrogen (secondary N) is 1. The zero-order valence-corrected chi connectivity index (χ0v) is 11.2. The molecule has 1 heterocycles. The molecule has 92 valence electrons. The van der Waals surface area contributed by atoms with Crippen LogP contribution in [-0.4, -0.2) is 0 Å². The summed E-state index contributed by atoms with van der Waals surface area (Å²) in [4.78, 5) is 1.33. The first-order valence-corrected chi connectivity index (χ1v) is 7.29. The molecule has 1 aliphatic heterocycles. The van der Waals surface area contributed by atoms with Crippen LogP contribution in [0.1, 0.15) is 10.9 Å². The number of fused-ring (bicyclic) bond motifs is 2. The molecule has 0 fully saturated rings. The van der Waals surface area contributed by atoms with E-state index in [2.05, 4.69) is 72.0 Å². The minimum absolute atomic E-state index is 0.321. The smallest absolute Gasteiger partial charge is 0.103 e. The third-order valence-corrected chi connectivity index (χ3v) is 4.73. The summed E-state index contributed by atoms with van der Waals surface area (Å²) in [5.74, 6) is 0. The normalized spacial score (nSPS) is 17.2. The summed E-state index contributed by atoms with van der Waals surface area (Å²) < 4.78 is 0. The highest BCUT2D eigenvalue weighted by molar-refractivity contribution is 8.00. The van der Waals surface area contributed by atoms with Gasteiger partial charge in [-0.2, -0.15) is 0 Å². The van der Waals surface area contributed by atoms with E-state index in [1.807, 2.05) is 11.8 Å². The van der Waals surface area contributed by atoms with Crippen molar-refractivity contribution >= 4 is 28.2 Å². The first-order valence-electron chi connectivity index (χ1n) is 6.41. The summed E-state index contributed by atoms with van der Waals surface area (Å²) >= 11 is 1.89. The molecule has 0 aromatic heterocycles. The molecule has 0 saturated heterocycles. The van der Waals surface area contributed by atoms with Gasteiger partial charge in [-0.25, -0.2) is 0 Å². The van der Waals surface area contributed by atoms with Crippen LogP contribution < -0.4 is 5.32 Å². The second-order valence-corrected chi connectivity index (χ2v) is 5.89. The molecule has 19 heavy (non-hydrogen) atoms. The van der Waals surface area contributed by atoms with Crippen LogP contribution in [0.2, 0.25) is 0 Å². The Morgan fingerprint density at radius 2 is 1.58 bits per heavy atom. The largest absolute Gasteiger partial charge is 0.368 e. The van der Waals surface area contributed by atoms with Gasteiger partial charge in [0.2, 0.25) is 0 Å². The lowest BCUT2D eigenvalue weighted by Gasteiger charge is -2.11. The van der Waals surface area contributed by atoms with Crippen LogP contribution in [0.3, 0.4) is 0 Å². The SMILES string of the molecule is c1ccc2c(c1)NC(c1ccc3ccccc3c1)S2. The van der Waals surface area contributed by atoms with Crippen LogP contribution >= 0.6 is 11.8 Å². The van der Waals surface area contributed by atoms with Crippen LogP contribution in [0.4, 0.5) is 5.69 Å². The molecular formula is C17H13NS. The fourth-order valence-electron chi connectivity index (χ4n) is 2.51. The second-order valence-electron chi connectivity index (χ2n) is 4.74. The summed E-state index contributed by atoms with van der Waals surface area (Å²) in [5, 5.41) is 6.50. The molecule has 0 bridgehead atoms. The Bertz CT molecular complexity index is 726. The van der Waals surface area contributed by atoms with Crippen molar-refractivity contribution in [3.63, 3.8) is 0 Å². The van der Waals surface area contributed by atoms with Crippen LogP contribution in [0, 0.1) is 0 Å². The van der Waals surface area contributed by atoms with Gasteiger partial charge in [-0.15, -0.1) is 0 Å². The van der Waals surface area contributed by atoms with E-state index in [9.17, 15) is 0 Å². The monoisotopic (exact) mass is 263 g/mol. The third kappa shape index (κ3) is 1.89. The van der Waals surface area contributed by atoms with Crippen molar-refractivity contribution in [2.24, 2.45) is 0 Å². The minimum atomic E-state index is 0.321. The van der Waals surface area contributed by atoms with E-state index in [0.717, 1.165) is 0 Å². The Hall–Kier alpha value is -1.93. The van der Waals surface area contributed by atoms with Gasteiger partial charge < -0.3 is 5.32 Å². The Labute approximate surface area is 116 Å². The van der Waals surface area contributed by atoms with Gasteiger partial charge in [0.25, 0.3) is 0 Å². The lowest BCUT2D eigenvalue weighted by atomic mass is 10.1. The molecule has 0 amide bonds. The molecule has 1 aliphatic rings. The van der Waals surface area contributed by atoms with Crippen molar-refractivity contribution in [2.45, 2.75) is 10.3 Å². The predicted molar refractivity (Wildman–Crippen MR) is 82.6 cm³/mol. The number of hydrogen-bond donors (Lipinski definition) is 1. The van der Waals surface area contributed by atoms with E-state index in [1.54, 1.807) is 0 Å². The fraction of sp³-hybridized carbons (Fsp3) is 0.0588. The molecular weight excluding hydrogens is 250 g/mol. The third-order valence-electron chi connectivity index (χ3n) is 3.49. The molecule has 1 atom stereocenters. The van der Waals surface area contributed by atoms with Crippen molar-refractivity contribution < 1.29 is 0 Å². The van der Waals surface area contributed by atoms with Crippen LogP contribution in [0.5, 0.6) is 0 Å². The highest BCUT2D eigenvalue weighted by Crippen LogP contribution is 2.46. The molecule has 0 aliphatic carbocycles. The quantitative estimate of drug-likeness (QED) is 0.659. The van der Waals surface area contributed by atoms with E-state index in [-0.39, 0.29) is 0 Å². The van der Waals surface area contributed by atoms with Crippen molar-refractivity contribution in [1.29, 1.82) is 0 Å². The molecule has 0 saturated carbocycles. The number of hydrogen-bond acceptors (Lipinski definition) is 2. The van der Waals surface area contributed by atoms with Crippen molar-refractivity contribution in [3.8, 4) is 0 Å². The molecule has 3 aromatic carbocycles. The van der Waals surface area contributed by atoms with E-state index in [4.69, 9.17) is 0 Å². The van der Waals surface area contributed by atoms with Gasteiger partial charge in [0, 0.05) is 10.6 Å². The topological polar surface area (TPSA) is 12.0 Å². The number of rotatable bonds is 1. The van der Waals surface area contributed by atoms with E-state index >= 15 is 0 Å². The van der Waals surface area contributed by atoms with Crippen molar-refractivity contribution in [2.75, 3.05) is 5.32 Å². The van der Waals surface area contributed by atoms with E-state index in [1.165, 1.54) is 26.9 Å². The standard InChI is InChI=1S/C17H13NS/c1-2-6-13-11-14(10-9-12(13)5-1)17-18-15-7-3-4-8-16(15)19-17/h1-11,17-18H. The van der Waals surface area contributed by atoms with Gasteiger partial charge in [-0.1, -0.05) is 60.3 Å². The average Bonchev–Trinajstić information content (AvgIpc) is 2.90. The summed E-state index contributed by atoms with van der Waals surface area (Å²) in [6.45, 7) is 0. The molecule has 1 N–H and O–H groups in total. The Kier molecular flexibility index (Phi) is 2.49. The van der Waals surface area contributed by atoms with Crippen LogP contribution in [-0.2, 0) is 0 Å². The molecule has 0 radical (unpaired) electrons. The average molecular weight is 263 g/mol. The highest BCUT2D eigenvalue weighted by atomic mass is 32.2. The first-order chi connectivity index (χ1) is 9.40. The zero-order valence-electron chi connectivity index (χ0n) is 10.3. The molecule has 2 heteroatoms. The van der Waals surface area contributed by atoms with Gasteiger partial charge in [0.15, 0.2) is 0 Å². The Morgan fingerprint density at radius 3 is 2.47 bits per heavy atom. The summed E-state index contributed by atoms with van der Waals surface area (Å²) in [6, 6.07) is 23.7. The fourth-order valence-corrected chi connectivity index (χ4v) is 3.64. The predicted octanol–water partition coefficient (Wildman–Crippen LogP) is 5.06. The van der Waals surface area contributed by atoms with Crippen LogP contribution in [0.25, 0.3) is 10.8 Å². The lowest BCUT2D eigenvalue weighted by Crippen LogP contribution is -2.00. The summed E-state index contributed by atoms with van der Waals surface area (Å²) in [6.07, 6.45) is 0. The van der Waals surface area contributed by atoms with Gasteiger partial charge in [0.05, 0.1) is 0 Å². The number of anilines is 1. The maximum Gasteiger partial charge on any atom is 0.103 e. The Morgan fingerprint density at radius 1 is 0.789 bits per heavy atom. The van der Waals surface area contributed by atoms with Gasteiger partial charge in [0.1, 0.15) is 5.37 Å². The first kappa shape index (κ1) is 10.9. The Balaban J connectivity index is 1.73. The minimum Gasteiger partial charge on any atom is -0.368 e. The van der Waals surface area contributed by atoms with Crippen molar-refractivity contribution in [1.82, 2.24) is 0 Å². The molecule has 0 spiro atoms. The van der Waals surface area contributed by atoms with E-state index in [0.29, 0.717) is 5.37 Å². The lowest BCUT2D eigenvalue weighted by molar-refractivity contribution is 1.14. The second kappa shape index (κ2) is 4.32. The van der Waals surface area contributed by atoms with Gasteiger partial charge in [-0.05, 0) is 34.5 Å². The zero-order chi connectivity index (χ0) is 12.7. The molecule has 4 rings (SSSR count). The van der Waals surface area contributed by atoms with Gasteiger partial charge >= 0.3 is 0 Å². The van der Waals surface area contributed by atoms with Crippen molar-refractivity contribution in [3.05, 3.63) is 72.3 Å². The number of para-hydroxylation sites is 1. The maximum absolute atomic E-state index is 3.58. The highest BCUT2D eigenvalue weighted by Gasteiger charge is 2.22. The molecule has 1 unspecified atom stereocenters. The summed E-state index contributed by atoms with van der Waals surface area (Å²) in [5.41, 5.74) is 2.57. The maximum atomic E-state index is 3.58. The molecule has 1 nitrogen and oxygen atoms in total. The number of benzene rings is 3. The van der Waals surface area contributed by atoms with E-state index < -0.39 is 0 Å². The summed E-state index contributed by atoms with van der Waals surface area (Å²) in [7, 11) is 0. The van der Waals surface area contributed by atoms with Gasteiger partial charge in [-0.3, -0.25) is 0 Å². The number of thioether (sulfide) groups is 1. The molecule has 3 aromatic rings. The van der Waals surface area contributed by atoms with Crippen LogP contribution in [0.15, 0.2) is 71.6 Å².